The van der Waals surface area contributed by atoms with Gasteiger partial charge in [0, 0.05) is 19.6 Å². The Labute approximate surface area is 109 Å². The van der Waals surface area contributed by atoms with Crippen molar-refractivity contribution in [3.63, 3.8) is 0 Å². The number of rotatable bonds is 7. The van der Waals surface area contributed by atoms with Gasteiger partial charge >= 0.3 is 10.2 Å². The van der Waals surface area contributed by atoms with E-state index in [2.05, 4.69) is 4.72 Å². The Morgan fingerprint density at radius 2 is 1.83 bits per heavy atom. The van der Waals surface area contributed by atoms with Crippen molar-refractivity contribution in [2.75, 3.05) is 17.4 Å². The second kappa shape index (κ2) is 6.72. The van der Waals surface area contributed by atoms with Gasteiger partial charge in [-0.1, -0.05) is 26.0 Å². The zero-order valence-electron chi connectivity index (χ0n) is 10.9. The molecule has 6 heteroatoms. The summed E-state index contributed by atoms with van der Waals surface area (Å²) in [6.07, 6.45) is 0.753. The molecule has 3 N–H and O–H groups in total. The first kappa shape index (κ1) is 14.9. The molecular weight excluding hydrogens is 250 g/mol. The molecule has 0 amide bonds. The average Bonchev–Trinajstić information content (AvgIpc) is 2.36. The van der Waals surface area contributed by atoms with Gasteiger partial charge in [-0.2, -0.15) is 13.1 Å². The van der Waals surface area contributed by atoms with Gasteiger partial charge < -0.3 is 5.73 Å². The van der Waals surface area contributed by atoms with E-state index in [-0.39, 0.29) is 0 Å². The minimum Gasteiger partial charge on any atom is -0.326 e. The molecule has 5 nitrogen and oxygen atoms in total. The quantitative estimate of drug-likeness (QED) is 0.783. The van der Waals surface area contributed by atoms with E-state index in [1.54, 1.807) is 19.1 Å². The first-order chi connectivity index (χ1) is 8.55. The standard InChI is InChI=1S/C12H21N3O2S/c1-3-9-15(18(16,17)14-4-2)12-7-5-11(10-13)6-8-12/h5-8,14H,3-4,9-10,13H2,1-2H3. The van der Waals surface area contributed by atoms with E-state index >= 15 is 0 Å². The molecule has 18 heavy (non-hydrogen) atoms. The Hall–Kier alpha value is -1.11. The van der Waals surface area contributed by atoms with Crippen LogP contribution >= 0.6 is 0 Å². The Morgan fingerprint density at radius 3 is 2.28 bits per heavy atom. The van der Waals surface area contributed by atoms with Gasteiger partial charge in [0.15, 0.2) is 0 Å². The minimum absolute atomic E-state index is 0.378. The molecule has 1 aromatic carbocycles. The Morgan fingerprint density at radius 1 is 1.22 bits per heavy atom. The van der Waals surface area contributed by atoms with Crippen molar-refractivity contribution in [1.29, 1.82) is 0 Å². The molecule has 0 radical (unpaired) electrons. The molecule has 0 atom stereocenters. The Bertz CT molecular complexity index is 457. The van der Waals surface area contributed by atoms with Crippen LogP contribution in [0.25, 0.3) is 0 Å². The van der Waals surface area contributed by atoms with Crippen molar-refractivity contribution in [2.45, 2.75) is 26.8 Å². The van der Waals surface area contributed by atoms with Gasteiger partial charge in [0.1, 0.15) is 0 Å². The van der Waals surface area contributed by atoms with Gasteiger partial charge in [-0.15, -0.1) is 0 Å². The molecule has 1 aromatic rings. The third kappa shape index (κ3) is 3.69. The van der Waals surface area contributed by atoms with Crippen molar-refractivity contribution in [3.8, 4) is 0 Å². The van der Waals surface area contributed by atoms with Crippen LogP contribution in [0.3, 0.4) is 0 Å². The van der Waals surface area contributed by atoms with Gasteiger partial charge in [-0.3, -0.25) is 4.31 Å². The molecule has 0 spiro atoms. The Kier molecular flexibility index (Phi) is 5.58. The molecule has 1 rings (SSSR count). The van der Waals surface area contributed by atoms with Gasteiger partial charge in [0.25, 0.3) is 0 Å². The molecule has 102 valence electrons. The number of anilines is 1. The van der Waals surface area contributed by atoms with Crippen molar-refractivity contribution in [1.82, 2.24) is 4.72 Å². The summed E-state index contributed by atoms with van der Waals surface area (Å²) >= 11 is 0. The van der Waals surface area contributed by atoms with Crippen LogP contribution in [-0.2, 0) is 16.8 Å². The first-order valence-electron chi connectivity index (χ1n) is 6.11. The van der Waals surface area contributed by atoms with Gasteiger partial charge in [-0.05, 0) is 24.1 Å². The fourth-order valence-electron chi connectivity index (χ4n) is 1.65. The van der Waals surface area contributed by atoms with Gasteiger partial charge in [0.2, 0.25) is 0 Å². The van der Waals surface area contributed by atoms with Crippen molar-refractivity contribution in [3.05, 3.63) is 29.8 Å². The highest BCUT2D eigenvalue weighted by Gasteiger charge is 2.20. The van der Waals surface area contributed by atoms with E-state index in [9.17, 15) is 8.42 Å². The average molecular weight is 271 g/mol. The van der Waals surface area contributed by atoms with E-state index in [4.69, 9.17) is 5.73 Å². The molecule has 0 saturated carbocycles. The number of hydrogen-bond donors (Lipinski definition) is 2. The summed E-state index contributed by atoms with van der Waals surface area (Å²) in [5.41, 5.74) is 7.17. The molecule has 0 saturated heterocycles. The van der Waals surface area contributed by atoms with Crippen molar-refractivity contribution >= 4 is 15.9 Å². The van der Waals surface area contributed by atoms with Crippen LogP contribution in [0.5, 0.6) is 0 Å². The van der Waals surface area contributed by atoms with Crippen LogP contribution in [0.15, 0.2) is 24.3 Å². The summed E-state index contributed by atoms with van der Waals surface area (Å²) < 4.78 is 28.0. The van der Waals surface area contributed by atoms with Gasteiger partial charge in [0.05, 0.1) is 5.69 Å². The smallest absolute Gasteiger partial charge is 0.301 e. The van der Waals surface area contributed by atoms with E-state index < -0.39 is 10.2 Å². The lowest BCUT2D eigenvalue weighted by molar-refractivity contribution is 0.577. The van der Waals surface area contributed by atoms with Crippen molar-refractivity contribution in [2.24, 2.45) is 5.73 Å². The zero-order chi connectivity index (χ0) is 13.6. The highest BCUT2D eigenvalue weighted by molar-refractivity contribution is 7.90. The van der Waals surface area contributed by atoms with Crippen molar-refractivity contribution < 1.29 is 8.42 Å². The lowest BCUT2D eigenvalue weighted by Crippen LogP contribution is -2.41. The van der Waals surface area contributed by atoms with Crippen LogP contribution in [0.4, 0.5) is 5.69 Å². The second-order valence-corrected chi connectivity index (χ2v) is 5.63. The number of benzene rings is 1. The second-order valence-electron chi connectivity index (χ2n) is 3.95. The maximum atomic E-state index is 12.1. The summed E-state index contributed by atoms with van der Waals surface area (Å²) in [4.78, 5) is 0. The molecule has 0 bridgehead atoms. The number of hydrogen-bond acceptors (Lipinski definition) is 3. The fraction of sp³-hybridized carbons (Fsp3) is 0.500. The highest BCUT2D eigenvalue weighted by atomic mass is 32.2. The third-order valence-corrected chi connectivity index (χ3v) is 4.13. The number of nitrogens with two attached hydrogens (primary N) is 1. The molecule has 0 aliphatic rings. The summed E-state index contributed by atoms with van der Waals surface area (Å²) in [6.45, 7) is 5.00. The van der Waals surface area contributed by atoms with Crippen LogP contribution < -0.4 is 14.8 Å². The number of nitrogens with zero attached hydrogens (tertiary/aromatic N) is 1. The van der Waals surface area contributed by atoms with E-state index in [0.717, 1.165) is 12.0 Å². The summed E-state index contributed by atoms with van der Waals surface area (Å²) in [5.74, 6) is 0. The van der Waals surface area contributed by atoms with Gasteiger partial charge in [-0.25, -0.2) is 0 Å². The lowest BCUT2D eigenvalue weighted by atomic mass is 10.2. The third-order valence-electron chi connectivity index (χ3n) is 2.50. The molecule has 0 aliphatic carbocycles. The number of nitrogens with one attached hydrogen (secondary N) is 1. The van der Waals surface area contributed by atoms with E-state index in [1.807, 2.05) is 19.1 Å². The molecule has 0 unspecified atom stereocenters. The minimum atomic E-state index is -3.46. The molecule has 0 heterocycles. The predicted octanol–water partition coefficient (Wildman–Crippen LogP) is 1.22. The van der Waals surface area contributed by atoms with Crippen LogP contribution in [0, 0.1) is 0 Å². The van der Waals surface area contributed by atoms with Crippen LogP contribution in [0.1, 0.15) is 25.8 Å². The van der Waals surface area contributed by atoms with E-state index in [1.165, 1.54) is 4.31 Å². The maximum absolute atomic E-state index is 12.1. The summed E-state index contributed by atoms with van der Waals surface area (Å²) in [7, 11) is -3.46. The summed E-state index contributed by atoms with van der Waals surface area (Å²) in [6, 6.07) is 7.26. The lowest BCUT2D eigenvalue weighted by Gasteiger charge is -2.24. The topological polar surface area (TPSA) is 75.4 Å². The molecule has 0 fully saturated rings. The SMILES string of the molecule is CCCN(c1ccc(CN)cc1)S(=O)(=O)NCC. The largest absolute Gasteiger partial charge is 0.326 e. The maximum Gasteiger partial charge on any atom is 0.301 e. The summed E-state index contributed by atoms with van der Waals surface area (Å²) in [5, 5.41) is 0. The predicted molar refractivity (Wildman–Crippen MR) is 74.6 cm³/mol. The first-order valence-corrected chi connectivity index (χ1v) is 7.55. The Balaban J connectivity index is 3.03. The van der Waals surface area contributed by atoms with Crippen LogP contribution in [-0.4, -0.2) is 21.5 Å². The monoisotopic (exact) mass is 271 g/mol. The van der Waals surface area contributed by atoms with E-state index in [0.29, 0.717) is 25.3 Å². The normalized spacial score (nSPS) is 11.5. The molecule has 0 aromatic heterocycles. The zero-order valence-corrected chi connectivity index (χ0v) is 11.7. The fourth-order valence-corrected chi connectivity index (χ4v) is 2.99. The molecule has 0 aliphatic heterocycles. The highest BCUT2D eigenvalue weighted by Crippen LogP contribution is 2.18. The van der Waals surface area contributed by atoms with Crippen LogP contribution in [0.2, 0.25) is 0 Å². The molecular formula is C12H21N3O2S.